The molecule has 1 atom stereocenters. The smallest absolute Gasteiger partial charge is 0.254 e. The van der Waals surface area contributed by atoms with Crippen LogP contribution < -0.4 is 10.1 Å². The predicted octanol–water partition coefficient (Wildman–Crippen LogP) is 3.50. The molecule has 1 N–H and O–H groups in total. The van der Waals surface area contributed by atoms with Crippen LogP contribution in [0.4, 0.5) is 17.6 Å². The molecule has 7 heteroatoms. The summed E-state index contributed by atoms with van der Waals surface area (Å²) in [5, 5.41) is 2.49. The van der Waals surface area contributed by atoms with Gasteiger partial charge in [-0.25, -0.2) is 17.6 Å². The lowest BCUT2D eigenvalue weighted by Gasteiger charge is -2.26. The van der Waals surface area contributed by atoms with Gasteiger partial charge < -0.3 is 10.1 Å². The fraction of sp³-hybridized carbons (Fsp3) is 0.188. The Kier molecular flexibility index (Phi) is 3.94. The summed E-state index contributed by atoms with van der Waals surface area (Å²) >= 11 is 0. The Balaban J connectivity index is 1.89. The van der Waals surface area contributed by atoms with Crippen molar-refractivity contribution in [3.8, 4) is 5.75 Å². The Morgan fingerprint density at radius 2 is 1.83 bits per heavy atom. The summed E-state index contributed by atoms with van der Waals surface area (Å²) in [4.78, 5) is 12.1. The Morgan fingerprint density at radius 1 is 1.09 bits per heavy atom. The number of rotatable bonds is 2. The molecule has 0 aromatic heterocycles. The standard InChI is InChI=1S/C16H11F4NO2/c17-10-7-9(13(18)15(20)14(10)19)16(22)21-11-5-6-23-12-4-2-1-3-8(11)12/h1-4,7,11H,5-6H2,(H,21,22). The van der Waals surface area contributed by atoms with Gasteiger partial charge in [0.1, 0.15) is 5.75 Å². The van der Waals surface area contributed by atoms with E-state index in [1.54, 1.807) is 24.3 Å². The van der Waals surface area contributed by atoms with Gasteiger partial charge in [-0.1, -0.05) is 18.2 Å². The second-order valence-corrected chi connectivity index (χ2v) is 5.05. The second-order valence-electron chi connectivity index (χ2n) is 5.05. The van der Waals surface area contributed by atoms with Crippen molar-refractivity contribution in [3.63, 3.8) is 0 Å². The van der Waals surface area contributed by atoms with E-state index in [4.69, 9.17) is 4.74 Å². The first-order valence-corrected chi connectivity index (χ1v) is 6.84. The first-order valence-electron chi connectivity index (χ1n) is 6.84. The molecule has 0 aliphatic carbocycles. The van der Waals surface area contributed by atoms with Gasteiger partial charge in [0, 0.05) is 12.0 Å². The molecular formula is C16H11F4NO2. The predicted molar refractivity (Wildman–Crippen MR) is 73.0 cm³/mol. The van der Waals surface area contributed by atoms with Crippen LogP contribution in [0.25, 0.3) is 0 Å². The molecule has 0 saturated heterocycles. The van der Waals surface area contributed by atoms with Gasteiger partial charge in [-0.2, -0.15) is 0 Å². The van der Waals surface area contributed by atoms with Crippen molar-refractivity contribution in [1.82, 2.24) is 5.32 Å². The van der Waals surface area contributed by atoms with Crippen molar-refractivity contribution in [1.29, 1.82) is 0 Å². The number of para-hydroxylation sites is 1. The molecule has 0 saturated carbocycles. The number of ether oxygens (including phenoxy) is 1. The molecule has 23 heavy (non-hydrogen) atoms. The third kappa shape index (κ3) is 2.74. The maximum atomic E-state index is 13.7. The van der Waals surface area contributed by atoms with Crippen LogP contribution in [0, 0.1) is 23.3 Å². The summed E-state index contributed by atoms with van der Waals surface area (Å²) in [6.45, 7) is 0.330. The first kappa shape index (κ1) is 15.3. The Bertz CT molecular complexity index is 779. The van der Waals surface area contributed by atoms with E-state index in [-0.39, 0.29) is 0 Å². The van der Waals surface area contributed by atoms with E-state index in [9.17, 15) is 22.4 Å². The average Bonchev–Trinajstić information content (AvgIpc) is 2.56. The number of hydrogen-bond donors (Lipinski definition) is 1. The molecule has 2 aromatic carbocycles. The van der Waals surface area contributed by atoms with E-state index in [0.717, 1.165) is 0 Å². The lowest BCUT2D eigenvalue weighted by Crippen LogP contribution is -2.33. The molecule has 0 spiro atoms. The Morgan fingerprint density at radius 3 is 2.61 bits per heavy atom. The first-order chi connectivity index (χ1) is 11.0. The molecule has 0 bridgehead atoms. The Labute approximate surface area is 128 Å². The van der Waals surface area contributed by atoms with E-state index in [1.807, 2.05) is 0 Å². The highest BCUT2D eigenvalue weighted by Gasteiger charge is 2.27. The van der Waals surface area contributed by atoms with Crippen molar-refractivity contribution in [2.75, 3.05) is 6.61 Å². The molecule has 0 fully saturated rings. The number of halogens is 4. The number of nitrogens with one attached hydrogen (secondary N) is 1. The minimum atomic E-state index is -2.01. The van der Waals surface area contributed by atoms with Gasteiger partial charge in [-0.3, -0.25) is 4.79 Å². The fourth-order valence-corrected chi connectivity index (χ4v) is 2.47. The lowest BCUT2D eigenvalue weighted by molar-refractivity contribution is 0.0918. The molecule has 3 nitrogen and oxygen atoms in total. The molecule has 1 heterocycles. The molecule has 3 rings (SSSR count). The van der Waals surface area contributed by atoms with Gasteiger partial charge in [-0.15, -0.1) is 0 Å². The lowest BCUT2D eigenvalue weighted by atomic mass is 10.00. The highest BCUT2D eigenvalue weighted by atomic mass is 19.2. The van der Waals surface area contributed by atoms with Crippen LogP contribution in [0.15, 0.2) is 30.3 Å². The number of benzene rings is 2. The maximum Gasteiger partial charge on any atom is 0.254 e. The number of carbonyl (C=O) groups is 1. The van der Waals surface area contributed by atoms with Crippen LogP contribution in [0.3, 0.4) is 0 Å². The number of carbonyl (C=O) groups excluding carboxylic acids is 1. The summed E-state index contributed by atoms with van der Waals surface area (Å²) in [5.74, 6) is -7.76. The molecule has 1 amide bonds. The minimum Gasteiger partial charge on any atom is -0.493 e. The largest absolute Gasteiger partial charge is 0.493 e. The van der Waals surface area contributed by atoms with Gasteiger partial charge in [0.05, 0.1) is 18.2 Å². The SMILES string of the molecule is O=C(NC1CCOc2ccccc21)c1cc(F)c(F)c(F)c1F. The van der Waals surface area contributed by atoms with Crippen molar-refractivity contribution < 1.29 is 27.1 Å². The van der Waals surface area contributed by atoms with Crippen molar-refractivity contribution in [3.05, 3.63) is 64.7 Å². The third-order valence-corrected chi connectivity index (χ3v) is 3.61. The molecule has 2 aromatic rings. The van der Waals surface area contributed by atoms with Crippen LogP contribution in [-0.4, -0.2) is 12.5 Å². The van der Waals surface area contributed by atoms with Crippen molar-refractivity contribution >= 4 is 5.91 Å². The van der Waals surface area contributed by atoms with Crippen LogP contribution in [0.5, 0.6) is 5.75 Å². The zero-order valence-electron chi connectivity index (χ0n) is 11.7. The fourth-order valence-electron chi connectivity index (χ4n) is 2.47. The monoisotopic (exact) mass is 325 g/mol. The summed E-state index contributed by atoms with van der Waals surface area (Å²) in [5.41, 5.74) is -0.207. The molecule has 1 aliphatic rings. The maximum absolute atomic E-state index is 13.7. The number of amides is 1. The van der Waals surface area contributed by atoms with E-state index < -0.39 is 40.8 Å². The summed E-state index contributed by atoms with van der Waals surface area (Å²) in [6.07, 6.45) is 0.413. The Hall–Kier alpha value is -2.57. The van der Waals surface area contributed by atoms with Gasteiger partial charge in [0.2, 0.25) is 0 Å². The van der Waals surface area contributed by atoms with Crippen LogP contribution in [0.2, 0.25) is 0 Å². The summed E-state index contributed by atoms with van der Waals surface area (Å²) in [7, 11) is 0. The quantitative estimate of drug-likeness (QED) is 0.521. The van der Waals surface area contributed by atoms with Crippen LogP contribution >= 0.6 is 0 Å². The zero-order chi connectivity index (χ0) is 16.6. The molecule has 1 aliphatic heterocycles. The molecule has 120 valence electrons. The topological polar surface area (TPSA) is 38.3 Å². The van der Waals surface area contributed by atoms with Gasteiger partial charge >= 0.3 is 0 Å². The van der Waals surface area contributed by atoms with E-state index >= 15 is 0 Å². The molecule has 0 radical (unpaired) electrons. The summed E-state index contributed by atoms with van der Waals surface area (Å²) in [6, 6.07) is 6.78. The second kappa shape index (κ2) is 5.91. The number of hydrogen-bond acceptors (Lipinski definition) is 2. The summed E-state index contributed by atoms with van der Waals surface area (Å²) < 4.78 is 58.5. The van der Waals surface area contributed by atoms with E-state index in [2.05, 4.69) is 5.32 Å². The van der Waals surface area contributed by atoms with Crippen LogP contribution in [0.1, 0.15) is 28.4 Å². The third-order valence-electron chi connectivity index (χ3n) is 3.61. The average molecular weight is 325 g/mol. The van der Waals surface area contributed by atoms with Crippen LogP contribution in [-0.2, 0) is 0 Å². The molecular weight excluding hydrogens is 314 g/mol. The van der Waals surface area contributed by atoms with Gasteiger partial charge in [-0.05, 0) is 12.1 Å². The van der Waals surface area contributed by atoms with E-state index in [1.165, 1.54) is 0 Å². The highest BCUT2D eigenvalue weighted by molar-refractivity contribution is 5.94. The minimum absolute atomic E-state index is 0.330. The van der Waals surface area contributed by atoms with Crippen molar-refractivity contribution in [2.45, 2.75) is 12.5 Å². The van der Waals surface area contributed by atoms with E-state index in [0.29, 0.717) is 30.4 Å². The molecule has 1 unspecified atom stereocenters. The van der Waals surface area contributed by atoms with Gasteiger partial charge in [0.25, 0.3) is 5.91 Å². The number of fused-ring (bicyclic) bond motifs is 1. The normalized spacial score (nSPS) is 16.4. The van der Waals surface area contributed by atoms with Gasteiger partial charge in [0.15, 0.2) is 23.3 Å². The highest BCUT2D eigenvalue weighted by Crippen LogP contribution is 2.32. The zero-order valence-corrected chi connectivity index (χ0v) is 11.7. The van der Waals surface area contributed by atoms with Crippen molar-refractivity contribution in [2.24, 2.45) is 0 Å².